The second-order valence-corrected chi connectivity index (χ2v) is 18.8. The summed E-state index contributed by atoms with van der Waals surface area (Å²) in [4.78, 5) is 12.5. The van der Waals surface area contributed by atoms with Gasteiger partial charge in [-0.05, 0) is 12.8 Å². The van der Waals surface area contributed by atoms with Gasteiger partial charge in [-0.1, -0.05) is 290 Å². The molecule has 0 spiro atoms. The van der Waals surface area contributed by atoms with Gasteiger partial charge in [-0.15, -0.1) is 0 Å². The number of unbranched alkanes of at least 4 members (excludes halogenated alkanes) is 42. The lowest BCUT2D eigenvalue weighted by Crippen LogP contribution is -2.50. The summed E-state index contributed by atoms with van der Waals surface area (Å²) in [6.07, 6.45) is 58.2. The van der Waals surface area contributed by atoms with Gasteiger partial charge in [0, 0.05) is 6.42 Å². The van der Waals surface area contributed by atoms with Crippen molar-refractivity contribution in [2.45, 2.75) is 327 Å². The molecule has 0 aliphatic rings. The quantitative estimate of drug-likeness (QED) is 0.0460. The number of hydrogen-bond acceptors (Lipinski definition) is 4. The molecule has 58 heavy (non-hydrogen) atoms. The van der Waals surface area contributed by atoms with Gasteiger partial charge in [-0.25, -0.2) is 0 Å². The fourth-order valence-corrected chi connectivity index (χ4v) is 8.81. The monoisotopic (exact) mass is 822 g/mol. The van der Waals surface area contributed by atoms with Gasteiger partial charge < -0.3 is 20.6 Å². The molecule has 0 rings (SSSR count). The topological polar surface area (TPSA) is 89.8 Å². The number of carbonyl (C=O) groups is 1. The molecule has 0 aliphatic heterocycles. The van der Waals surface area contributed by atoms with E-state index < -0.39 is 18.2 Å². The molecule has 0 heterocycles. The Morgan fingerprint density at radius 1 is 0.362 bits per heavy atom. The summed E-state index contributed by atoms with van der Waals surface area (Å²) in [5.74, 6) is -0.137. The number of amides is 1. The Morgan fingerprint density at radius 2 is 0.586 bits per heavy atom. The Balaban J connectivity index is 3.46. The van der Waals surface area contributed by atoms with Crippen LogP contribution >= 0.6 is 0 Å². The van der Waals surface area contributed by atoms with Crippen molar-refractivity contribution in [1.82, 2.24) is 5.32 Å². The normalized spacial score (nSPS) is 13.3. The zero-order chi connectivity index (χ0) is 42.3. The second kappa shape index (κ2) is 49.0. The Labute approximate surface area is 364 Å². The van der Waals surface area contributed by atoms with Crippen LogP contribution in [0.2, 0.25) is 0 Å². The molecule has 0 radical (unpaired) electrons. The van der Waals surface area contributed by atoms with Crippen LogP contribution in [0.4, 0.5) is 0 Å². The maximum atomic E-state index is 12.5. The first kappa shape index (κ1) is 57.3. The summed E-state index contributed by atoms with van der Waals surface area (Å²) in [6.45, 7) is 4.21. The van der Waals surface area contributed by atoms with Crippen molar-refractivity contribution in [2.75, 3.05) is 6.61 Å². The lowest BCUT2D eigenvalue weighted by Gasteiger charge is -2.26. The van der Waals surface area contributed by atoms with Crippen molar-refractivity contribution < 1.29 is 20.1 Å². The predicted molar refractivity (Wildman–Crippen MR) is 255 cm³/mol. The van der Waals surface area contributed by atoms with Crippen LogP contribution in [0.5, 0.6) is 0 Å². The highest BCUT2D eigenvalue weighted by Gasteiger charge is 2.26. The lowest BCUT2D eigenvalue weighted by atomic mass is 9.99. The molecule has 0 aromatic rings. The highest BCUT2D eigenvalue weighted by molar-refractivity contribution is 5.76. The predicted octanol–water partition coefficient (Wildman–Crippen LogP) is 16.2. The van der Waals surface area contributed by atoms with Gasteiger partial charge in [-0.2, -0.15) is 0 Å². The molecule has 1 amide bonds. The molecule has 0 fully saturated rings. The third-order valence-corrected chi connectivity index (χ3v) is 13.0. The Bertz CT molecular complexity index is 777. The van der Waals surface area contributed by atoms with E-state index in [0.29, 0.717) is 12.8 Å². The number of hydrogen-bond donors (Lipinski definition) is 4. The average Bonchev–Trinajstić information content (AvgIpc) is 3.23. The van der Waals surface area contributed by atoms with Crippen LogP contribution in [-0.2, 0) is 4.79 Å². The molecule has 4 N–H and O–H groups in total. The van der Waals surface area contributed by atoms with Crippen molar-refractivity contribution in [2.24, 2.45) is 0 Å². The standard InChI is InChI=1S/C53H107NO4/c1-3-5-7-9-11-13-15-17-19-20-21-22-23-24-25-26-27-28-29-30-31-32-34-36-38-40-42-44-46-48-52(57)54-50(49-55)53(58)51(56)47-45-43-41-39-37-35-33-18-16-14-12-10-8-6-4-2/h50-51,53,55-56,58H,3-49H2,1-2H3,(H,54,57). The SMILES string of the molecule is CCCCCCCCCCCCCCCCCCCCCCCCCCCCCCCC(=O)NC(CO)C(O)C(O)CCCCCCCCCCCCCCCCC. The maximum absolute atomic E-state index is 12.5. The zero-order valence-corrected chi connectivity index (χ0v) is 39.7. The van der Waals surface area contributed by atoms with E-state index in [1.165, 1.54) is 250 Å². The fourth-order valence-electron chi connectivity index (χ4n) is 8.81. The summed E-state index contributed by atoms with van der Waals surface area (Å²) < 4.78 is 0. The third-order valence-electron chi connectivity index (χ3n) is 13.0. The highest BCUT2D eigenvalue weighted by Crippen LogP contribution is 2.18. The van der Waals surface area contributed by atoms with Crippen molar-refractivity contribution in [3.05, 3.63) is 0 Å². The van der Waals surface area contributed by atoms with Crippen molar-refractivity contribution in [1.29, 1.82) is 0 Å². The molecule has 0 aliphatic carbocycles. The lowest BCUT2D eigenvalue weighted by molar-refractivity contribution is -0.124. The molecule has 0 saturated carbocycles. The van der Waals surface area contributed by atoms with Gasteiger partial charge in [0.15, 0.2) is 0 Å². The van der Waals surface area contributed by atoms with Gasteiger partial charge in [0.05, 0.1) is 18.8 Å². The summed E-state index contributed by atoms with van der Waals surface area (Å²) in [5.41, 5.74) is 0. The molecule has 5 nitrogen and oxygen atoms in total. The van der Waals surface area contributed by atoms with Crippen LogP contribution in [0.15, 0.2) is 0 Å². The largest absolute Gasteiger partial charge is 0.394 e. The van der Waals surface area contributed by atoms with Crippen molar-refractivity contribution in [3.8, 4) is 0 Å². The molecule has 3 atom stereocenters. The van der Waals surface area contributed by atoms with Gasteiger partial charge in [0.1, 0.15) is 6.10 Å². The average molecular weight is 822 g/mol. The smallest absolute Gasteiger partial charge is 0.220 e. The van der Waals surface area contributed by atoms with Gasteiger partial charge in [0.2, 0.25) is 5.91 Å². The number of aliphatic hydroxyl groups excluding tert-OH is 3. The molecular weight excluding hydrogens is 715 g/mol. The molecule has 0 bridgehead atoms. The van der Waals surface area contributed by atoms with Crippen molar-refractivity contribution >= 4 is 5.91 Å². The molecule has 0 saturated heterocycles. The summed E-state index contributed by atoms with van der Waals surface area (Å²) in [5, 5.41) is 33.7. The van der Waals surface area contributed by atoms with Crippen molar-refractivity contribution in [3.63, 3.8) is 0 Å². The van der Waals surface area contributed by atoms with Crippen LogP contribution < -0.4 is 5.32 Å². The Kier molecular flexibility index (Phi) is 48.5. The van der Waals surface area contributed by atoms with E-state index in [1.807, 2.05) is 0 Å². The van der Waals surface area contributed by atoms with E-state index in [2.05, 4.69) is 19.2 Å². The van der Waals surface area contributed by atoms with Crippen LogP contribution in [0.25, 0.3) is 0 Å². The van der Waals surface area contributed by atoms with E-state index in [0.717, 1.165) is 32.1 Å². The summed E-state index contributed by atoms with van der Waals surface area (Å²) in [6, 6.07) is -0.803. The molecule has 348 valence electrons. The number of nitrogens with one attached hydrogen (secondary N) is 1. The third kappa shape index (κ3) is 43.4. The second-order valence-electron chi connectivity index (χ2n) is 18.8. The molecular formula is C53H107NO4. The number of carbonyl (C=O) groups excluding carboxylic acids is 1. The number of aliphatic hydroxyl groups is 3. The minimum Gasteiger partial charge on any atom is -0.394 e. The van der Waals surface area contributed by atoms with Gasteiger partial charge >= 0.3 is 0 Å². The maximum Gasteiger partial charge on any atom is 0.220 e. The minimum atomic E-state index is -1.13. The zero-order valence-electron chi connectivity index (χ0n) is 39.7. The van der Waals surface area contributed by atoms with Crippen LogP contribution in [0.3, 0.4) is 0 Å². The fraction of sp³-hybridized carbons (Fsp3) is 0.981. The minimum absolute atomic E-state index is 0.137. The number of rotatable bonds is 50. The van der Waals surface area contributed by atoms with Gasteiger partial charge in [0.25, 0.3) is 0 Å². The first-order valence-corrected chi connectivity index (χ1v) is 26.8. The van der Waals surface area contributed by atoms with E-state index in [4.69, 9.17) is 0 Å². The van der Waals surface area contributed by atoms with Crippen LogP contribution in [0.1, 0.15) is 309 Å². The van der Waals surface area contributed by atoms with E-state index in [1.54, 1.807) is 0 Å². The molecule has 3 unspecified atom stereocenters. The summed E-state index contributed by atoms with van der Waals surface area (Å²) >= 11 is 0. The van der Waals surface area contributed by atoms with Crippen LogP contribution in [0, 0.1) is 0 Å². The van der Waals surface area contributed by atoms with E-state index >= 15 is 0 Å². The van der Waals surface area contributed by atoms with E-state index in [-0.39, 0.29) is 12.5 Å². The van der Waals surface area contributed by atoms with E-state index in [9.17, 15) is 20.1 Å². The first-order chi connectivity index (χ1) is 28.6. The highest BCUT2D eigenvalue weighted by atomic mass is 16.3. The molecule has 0 aromatic heterocycles. The Morgan fingerprint density at radius 3 is 0.828 bits per heavy atom. The molecule has 5 heteroatoms. The summed E-state index contributed by atoms with van der Waals surface area (Å²) in [7, 11) is 0. The Hall–Kier alpha value is -0.650. The molecule has 0 aromatic carbocycles. The van der Waals surface area contributed by atoms with Gasteiger partial charge in [-0.3, -0.25) is 4.79 Å². The van der Waals surface area contributed by atoms with Crippen LogP contribution in [-0.4, -0.2) is 46.1 Å². The first-order valence-electron chi connectivity index (χ1n) is 26.8.